The van der Waals surface area contributed by atoms with E-state index in [2.05, 4.69) is 15.6 Å². The van der Waals surface area contributed by atoms with Crippen molar-refractivity contribution in [2.75, 3.05) is 5.32 Å². The average Bonchev–Trinajstić information content (AvgIpc) is 2.71. The summed E-state index contributed by atoms with van der Waals surface area (Å²) in [5, 5.41) is 10.9. The maximum absolute atomic E-state index is 11.9. The zero-order chi connectivity index (χ0) is 13.8. The number of nitrogens with zero attached hydrogens (tertiary/aromatic N) is 3. The Labute approximate surface area is 112 Å². The molecular formula is C14H18N4O. The lowest BCUT2D eigenvalue weighted by Gasteiger charge is -2.13. The van der Waals surface area contributed by atoms with Crippen LogP contribution in [0.5, 0.6) is 0 Å². The maximum Gasteiger partial charge on any atom is 0.226 e. The summed E-state index contributed by atoms with van der Waals surface area (Å²) in [6.07, 6.45) is 0.374. The van der Waals surface area contributed by atoms with Crippen LogP contribution in [0.1, 0.15) is 30.8 Å². The van der Waals surface area contributed by atoms with E-state index < -0.39 is 0 Å². The second kappa shape index (κ2) is 5.65. The second-order valence-electron chi connectivity index (χ2n) is 4.67. The van der Waals surface area contributed by atoms with Gasteiger partial charge in [0.05, 0.1) is 17.4 Å². The van der Waals surface area contributed by atoms with Gasteiger partial charge in [-0.25, -0.2) is 4.68 Å². The molecule has 0 aliphatic rings. The van der Waals surface area contributed by atoms with Crippen molar-refractivity contribution in [1.82, 2.24) is 15.0 Å². The molecule has 0 fully saturated rings. The van der Waals surface area contributed by atoms with Crippen molar-refractivity contribution in [3.05, 3.63) is 41.7 Å². The lowest BCUT2D eigenvalue weighted by molar-refractivity contribution is -0.116. The molecule has 19 heavy (non-hydrogen) atoms. The third kappa shape index (κ3) is 3.19. The number of aryl methyl sites for hydroxylation is 1. The molecule has 1 N–H and O–H groups in total. The van der Waals surface area contributed by atoms with E-state index in [0.717, 1.165) is 17.1 Å². The molecule has 5 heteroatoms. The van der Waals surface area contributed by atoms with Crippen LogP contribution in [-0.2, 0) is 4.79 Å². The van der Waals surface area contributed by atoms with Crippen molar-refractivity contribution in [1.29, 1.82) is 0 Å². The van der Waals surface area contributed by atoms with Crippen molar-refractivity contribution in [2.24, 2.45) is 0 Å². The highest BCUT2D eigenvalue weighted by atomic mass is 16.1. The van der Waals surface area contributed by atoms with Crippen LogP contribution in [0.4, 0.5) is 5.69 Å². The van der Waals surface area contributed by atoms with Gasteiger partial charge in [-0.05, 0) is 32.9 Å². The largest absolute Gasteiger partial charge is 0.326 e. The summed E-state index contributed by atoms with van der Waals surface area (Å²) in [5.41, 5.74) is 2.71. The first-order chi connectivity index (χ1) is 9.08. The number of nitrogens with one attached hydrogen (secondary N) is 1. The van der Waals surface area contributed by atoms with Crippen LogP contribution in [0, 0.1) is 13.8 Å². The minimum Gasteiger partial charge on any atom is -0.326 e. The minimum absolute atomic E-state index is 0.00934. The molecule has 0 aliphatic heterocycles. The van der Waals surface area contributed by atoms with Crippen LogP contribution in [0.3, 0.4) is 0 Å². The summed E-state index contributed by atoms with van der Waals surface area (Å²) < 4.78 is 1.79. The Bertz CT molecular complexity index is 562. The summed E-state index contributed by atoms with van der Waals surface area (Å²) in [4.78, 5) is 11.9. The van der Waals surface area contributed by atoms with E-state index in [1.165, 1.54) is 0 Å². The number of carbonyl (C=O) groups excluding carboxylic acids is 1. The van der Waals surface area contributed by atoms with Crippen molar-refractivity contribution in [3.63, 3.8) is 0 Å². The number of benzene rings is 1. The summed E-state index contributed by atoms with van der Waals surface area (Å²) in [7, 11) is 0. The molecule has 0 saturated heterocycles. The summed E-state index contributed by atoms with van der Waals surface area (Å²) in [6.45, 7) is 5.84. The Morgan fingerprint density at radius 1 is 1.32 bits per heavy atom. The number of hydrogen-bond donors (Lipinski definition) is 1. The molecule has 0 saturated carbocycles. The molecule has 2 aromatic rings. The first-order valence-electron chi connectivity index (χ1n) is 6.31. The third-order valence-electron chi connectivity index (χ3n) is 3.11. The van der Waals surface area contributed by atoms with Crippen LogP contribution >= 0.6 is 0 Å². The minimum atomic E-state index is -0.0220. The molecule has 5 nitrogen and oxygen atoms in total. The van der Waals surface area contributed by atoms with Crippen molar-refractivity contribution in [2.45, 2.75) is 33.2 Å². The molecule has 1 heterocycles. The van der Waals surface area contributed by atoms with E-state index in [1.807, 2.05) is 51.1 Å². The van der Waals surface area contributed by atoms with E-state index in [0.29, 0.717) is 6.42 Å². The van der Waals surface area contributed by atoms with Gasteiger partial charge in [0, 0.05) is 12.1 Å². The highest BCUT2D eigenvalue weighted by Crippen LogP contribution is 2.15. The highest BCUT2D eigenvalue weighted by Gasteiger charge is 2.15. The monoisotopic (exact) mass is 258 g/mol. The van der Waals surface area contributed by atoms with Gasteiger partial charge in [-0.1, -0.05) is 23.4 Å². The highest BCUT2D eigenvalue weighted by molar-refractivity contribution is 5.90. The third-order valence-corrected chi connectivity index (χ3v) is 3.11. The maximum atomic E-state index is 11.9. The predicted octanol–water partition coefficient (Wildman–Crippen LogP) is 2.48. The standard InChI is InChI=1S/C14H18N4O/c1-10(18-12(3)11(2)16-17-18)9-14(19)15-13-7-5-4-6-8-13/h4-8,10H,9H2,1-3H3,(H,15,19)/t10-/m1/s1. The number of rotatable bonds is 4. The lowest BCUT2D eigenvalue weighted by Crippen LogP contribution is -2.19. The molecule has 100 valence electrons. The molecule has 1 aromatic carbocycles. The molecule has 1 aromatic heterocycles. The predicted molar refractivity (Wildman–Crippen MR) is 73.9 cm³/mol. The molecule has 0 spiro atoms. The van der Waals surface area contributed by atoms with Gasteiger partial charge in [-0.2, -0.15) is 0 Å². The molecule has 0 unspecified atom stereocenters. The first-order valence-corrected chi connectivity index (χ1v) is 6.31. The van der Waals surface area contributed by atoms with Crippen LogP contribution in [-0.4, -0.2) is 20.9 Å². The van der Waals surface area contributed by atoms with Gasteiger partial charge in [-0.15, -0.1) is 5.10 Å². The molecule has 0 bridgehead atoms. The van der Waals surface area contributed by atoms with Crippen molar-refractivity contribution < 1.29 is 4.79 Å². The average molecular weight is 258 g/mol. The van der Waals surface area contributed by atoms with E-state index in [1.54, 1.807) is 4.68 Å². The second-order valence-corrected chi connectivity index (χ2v) is 4.67. The topological polar surface area (TPSA) is 59.8 Å². The van der Waals surface area contributed by atoms with Crippen LogP contribution in [0.15, 0.2) is 30.3 Å². The fraction of sp³-hybridized carbons (Fsp3) is 0.357. The fourth-order valence-corrected chi connectivity index (χ4v) is 1.93. The summed E-state index contributed by atoms with van der Waals surface area (Å²) in [5.74, 6) is -0.0220. The number of anilines is 1. The van der Waals surface area contributed by atoms with E-state index in [4.69, 9.17) is 0 Å². The normalized spacial score (nSPS) is 12.2. The van der Waals surface area contributed by atoms with Gasteiger partial charge in [0.1, 0.15) is 0 Å². The number of hydrogen-bond acceptors (Lipinski definition) is 3. The molecule has 1 atom stereocenters. The Morgan fingerprint density at radius 2 is 2.00 bits per heavy atom. The van der Waals surface area contributed by atoms with E-state index in [-0.39, 0.29) is 11.9 Å². The quantitative estimate of drug-likeness (QED) is 0.916. The summed E-state index contributed by atoms with van der Waals surface area (Å²) in [6, 6.07) is 9.43. The van der Waals surface area contributed by atoms with E-state index in [9.17, 15) is 4.79 Å². The zero-order valence-corrected chi connectivity index (χ0v) is 11.4. The number of aromatic nitrogens is 3. The Hall–Kier alpha value is -2.17. The van der Waals surface area contributed by atoms with Crippen LogP contribution in [0.2, 0.25) is 0 Å². The van der Waals surface area contributed by atoms with Gasteiger partial charge in [0.15, 0.2) is 0 Å². The molecule has 2 rings (SSSR count). The summed E-state index contributed by atoms with van der Waals surface area (Å²) >= 11 is 0. The van der Waals surface area contributed by atoms with Crippen molar-refractivity contribution >= 4 is 11.6 Å². The molecule has 0 aliphatic carbocycles. The first kappa shape index (κ1) is 13.3. The SMILES string of the molecule is Cc1nnn([C@H](C)CC(=O)Nc2ccccc2)c1C. The van der Waals surface area contributed by atoms with Crippen LogP contribution in [0.25, 0.3) is 0 Å². The Balaban J connectivity index is 1.97. The number of para-hydroxylation sites is 1. The fourth-order valence-electron chi connectivity index (χ4n) is 1.93. The van der Waals surface area contributed by atoms with Crippen molar-refractivity contribution in [3.8, 4) is 0 Å². The lowest BCUT2D eigenvalue weighted by atomic mass is 10.2. The Kier molecular flexibility index (Phi) is 3.94. The van der Waals surface area contributed by atoms with Gasteiger partial charge in [0.25, 0.3) is 0 Å². The number of amides is 1. The smallest absolute Gasteiger partial charge is 0.226 e. The van der Waals surface area contributed by atoms with Gasteiger partial charge in [0.2, 0.25) is 5.91 Å². The molecular weight excluding hydrogens is 240 g/mol. The van der Waals surface area contributed by atoms with Gasteiger partial charge in [-0.3, -0.25) is 4.79 Å². The number of carbonyl (C=O) groups is 1. The Morgan fingerprint density at radius 3 is 2.58 bits per heavy atom. The van der Waals surface area contributed by atoms with Gasteiger partial charge < -0.3 is 5.32 Å². The molecule has 0 radical (unpaired) electrons. The molecule has 1 amide bonds. The van der Waals surface area contributed by atoms with Crippen LogP contribution < -0.4 is 5.32 Å². The zero-order valence-electron chi connectivity index (χ0n) is 11.4. The van der Waals surface area contributed by atoms with E-state index >= 15 is 0 Å². The van der Waals surface area contributed by atoms with Gasteiger partial charge >= 0.3 is 0 Å².